The predicted molar refractivity (Wildman–Crippen MR) is 84.8 cm³/mol. The summed E-state index contributed by atoms with van der Waals surface area (Å²) in [4.78, 5) is 0. The highest BCUT2D eigenvalue weighted by Crippen LogP contribution is 2.21. The predicted octanol–water partition coefficient (Wildman–Crippen LogP) is 2.88. The van der Waals surface area contributed by atoms with E-state index < -0.39 is 0 Å². The van der Waals surface area contributed by atoms with Gasteiger partial charge in [0.1, 0.15) is 0 Å². The van der Waals surface area contributed by atoms with Crippen molar-refractivity contribution in [2.24, 2.45) is 0 Å². The van der Waals surface area contributed by atoms with Gasteiger partial charge in [0, 0.05) is 22.8 Å². The summed E-state index contributed by atoms with van der Waals surface area (Å²) in [5, 5.41) is 15.5. The molecule has 1 saturated heterocycles. The smallest absolute Gasteiger partial charge is 0.0925 e. The second kappa shape index (κ2) is 6.98. The van der Waals surface area contributed by atoms with Crippen LogP contribution in [0.1, 0.15) is 18.5 Å². The van der Waals surface area contributed by atoms with Crippen LogP contribution in [0.2, 0.25) is 0 Å². The lowest BCUT2D eigenvalue weighted by atomic mass is 10.1. The average molecular weight is 303 g/mol. The summed E-state index contributed by atoms with van der Waals surface area (Å²) in [7, 11) is 0. The van der Waals surface area contributed by atoms with Crippen LogP contribution in [0.15, 0.2) is 18.2 Å². The fraction of sp³-hybridized carbons (Fsp3) is 0.462. The van der Waals surface area contributed by atoms with Crippen molar-refractivity contribution in [1.29, 1.82) is 0 Å². The molecule has 1 aliphatic heterocycles. The molecule has 0 bridgehead atoms. The maximum Gasteiger partial charge on any atom is 0.0925 e. The fourth-order valence-corrected chi connectivity index (χ4v) is 2.43. The first kappa shape index (κ1) is 16.1. The van der Waals surface area contributed by atoms with Gasteiger partial charge in [-0.1, -0.05) is 0 Å². The molecule has 1 fully saturated rings. The maximum atomic E-state index is 4.24. The largest absolute Gasteiger partial charge is 0.382 e. The van der Waals surface area contributed by atoms with Crippen molar-refractivity contribution in [1.82, 2.24) is 15.5 Å². The molecule has 1 aromatic carbocycles. The molecule has 0 atom stereocenters. The minimum atomic E-state index is 0. The first-order valence-electron chi connectivity index (χ1n) is 6.25. The summed E-state index contributed by atoms with van der Waals surface area (Å²) in [5.41, 5.74) is 3.38. The van der Waals surface area contributed by atoms with Crippen molar-refractivity contribution in [3.63, 3.8) is 0 Å². The van der Waals surface area contributed by atoms with Gasteiger partial charge in [-0.25, -0.2) is 0 Å². The minimum Gasteiger partial charge on any atom is -0.382 e. The topological polar surface area (TPSA) is 52.7 Å². The van der Waals surface area contributed by atoms with E-state index in [1.54, 1.807) is 0 Å². The molecule has 106 valence electrons. The summed E-state index contributed by atoms with van der Waals surface area (Å²) in [6, 6.07) is 6.98. The quantitative estimate of drug-likeness (QED) is 0.799. The van der Waals surface area contributed by atoms with Gasteiger partial charge in [0.25, 0.3) is 0 Å². The lowest BCUT2D eigenvalue weighted by Crippen LogP contribution is -2.35. The van der Waals surface area contributed by atoms with Crippen LogP contribution in [0, 0.1) is 6.92 Å². The molecule has 19 heavy (non-hydrogen) atoms. The van der Waals surface area contributed by atoms with E-state index in [2.05, 4.69) is 46.0 Å². The number of hydrogen-bond donors (Lipinski definition) is 3. The Balaban J connectivity index is 0.000000902. The van der Waals surface area contributed by atoms with Crippen LogP contribution in [0.3, 0.4) is 0 Å². The summed E-state index contributed by atoms with van der Waals surface area (Å²) in [6.45, 7) is 4.29. The van der Waals surface area contributed by atoms with Crippen molar-refractivity contribution in [3.8, 4) is 0 Å². The molecule has 0 radical (unpaired) electrons. The third kappa shape index (κ3) is 3.53. The van der Waals surface area contributed by atoms with E-state index in [0.717, 1.165) is 24.3 Å². The summed E-state index contributed by atoms with van der Waals surface area (Å²) < 4.78 is 0. The number of aromatic amines is 1. The number of hydrogen-bond acceptors (Lipinski definition) is 3. The Kier molecular flexibility index (Phi) is 5.91. The van der Waals surface area contributed by atoms with Gasteiger partial charge in [-0.15, -0.1) is 24.8 Å². The summed E-state index contributed by atoms with van der Waals surface area (Å²) >= 11 is 0. The molecule has 2 aromatic rings. The van der Waals surface area contributed by atoms with E-state index in [0.29, 0.717) is 6.04 Å². The second-order valence-electron chi connectivity index (χ2n) is 4.75. The number of piperidine rings is 1. The molecule has 0 saturated carbocycles. The van der Waals surface area contributed by atoms with Gasteiger partial charge in [-0.05, 0) is 51.1 Å². The van der Waals surface area contributed by atoms with Gasteiger partial charge in [-0.3, -0.25) is 5.10 Å². The Morgan fingerprint density at radius 3 is 2.68 bits per heavy atom. The number of nitrogens with one attached hydrogen (secondary N) is 3. The average Bonchev–Trinajstić information content (AvgIpc) is 2.73. The molecule has 2 heterocycles. The zero-order chi connectivity index (χ0) is 11.7. The van der Waals surface area contributed by atoms with E-state index in [-0.39, 0.29) is 24.8 Å². The van der Waals surface area contributed by atoms with E-state index >= 15 is 0 Å². The molecular formula is C13H20Cl2N4. The van der Waals surface area contributed by atoms with Crippen molar-refractivity contribution < 1.29 is 0 Å². The van der Waals surface area contributed by atoms with Crippen LogP contribution in [-0.4, -0.2) is 29.3 Å². The summed E-state index contributed by atoms with van der Waals surface area (Å²) in [6.07, 6.45) is 2.39. The lowest BCUT2D eigenvalue weighted by Gasteiger charge is -2.24. The molecule has 0 unspecified atom stereocenters. The van der Waals surface area contributed by atoms with Crippen LogP contribution < -0.4 is 10.6 Å². The van der Waals surface area contributed by atoms with Crippen LogP contribution in [-0.2, 0) is 0 Å². The highest BCUT2D eigenvalue weighted by molar-refractivity contribution is 5.86. The highest BCUT2D eigenvalue weighted by atomic mass is 35.5. The number of H-pyrrole nitrogens is 1. The third-order valence-electron chi connectivity index (χ3n) is 3.45. The molecule has 1 aromatic heterocycles. The highest BCUT2D eigenvalue weighted by Gasteiger charge is 2.12. The van der Waals surface area contributed by atoms with Crippen molar-refractivity contribution in [2.45, 2.75) is 25.8 Å². The Bertz CT molecular complexity index is 520. The van der Waals surface area contributed by atoms with Crippen molar-refractivity contribution in [2.75, 3.05) is 18.4 Å². The van der Waals surface area contributed by atoms with Gasteiger partial charge in [0.15, 0.2) is 0 Å². The standard InChI is InChI=1S/C13H18N4.2ClH/c1-9-12-8-11(2-3-13(12)17-16-9)15-10-4-6-14-7-5-10;;/h2-3,8,10,14-15H,4-7H2,1H3,(H,16,17);2*1H. The summed E-state index contributed by atoms with van der Waals surface area (Å²) in [5.74, 6) is 0. The molecule has 3 N–H and O–H groups in total. The van der Waals surface area contributed by atoms with Crippen molar-refractivity contribution >= 4 is 41.4 Å². The fourth-order valence-electron chi connectivity index (χ4n) is 2.43. The van der Waals surface area contributed by atoms with E-state index in [4.69, 9.17) is 0 Å². The minimum absolute atomic E-state index is 0. The normalized spacial score (nSPS) is 15.6. The molecule has 3 rings (SSSR count). The zero-order valence-electron chi connectivity index (χ0n) is 10.9. The second-order valence-corrected chi connectivity index (χ2v) is 4.75. The lowest BCUT2D eigenvalue weighted by molar-refractivity contribution is 0.479. The molecule has 0 amide bonds. The van der Waals surface area contributed by atoms with Crippen LogP contribution >= 0.6 is 24.8 Å². The SMILES string of the molecule is Cc1[nH]nc2ccc(NC3CCNCC3)cc12.Cl.Cl. The van der Waals surface area contributed by atoms with Gasteiger partial charge < -0.3 is 10.6 Å². The van der Waals surface area contributed by atoms with Crippen LogP contribution in [0.4, 0.5) is 5.69 Å². The first-order chi connectivity index (χ1) is 8.33. The maximum absolute atomic E-state index is 4.24. The number of benzene rings is 1. The van der Waals surface area contributed by atoms with E-state index in [1.807, 2.05) is 0 Å². The number of anilines is 1. The number of halogens is 2. The van der Waals surface area contributed by atoms with Gasteiger partial charge in [-0.2, -0.15) is 5.10 Å². The first-order valence-corrected chi connectivity index (χ1v) is 6.25. The Morgan fingerprint density at radius 1 is 1.21 bits per heavy atom. The van der Waals surface area contributed by atoms with Crippen LogP contribution in [0.5, 0.6) is 0 Å². The number of aryl methyl sites for hydroxylation is 1. The Labute approximate surface area is 125 Å². The zero-order valence-corrected chi connectivity index (χ0v) is 12.5. The molecule has 1 aliphatic rings. The molecule has 6 heteroatoms. The Hall–Kier alpha value is -0.970. The number of fused-ring (bicyclic) bond motifs is 1. The number of nitrogens with zero attached hydrogens (tertiary/aromatic N) is 1. The monoisotopic (exact) mass is 302 g/mol. The molecular weight excluding hydrogens is 283 g/mol. The molecule has 0 spiro atoms. The van der Waals surface area contributed by atoms with E-state index in [9.17, 15) is 0 Å². The number of aromatic nitrogens is 2. The van der Waals surface area contributed by atoms with Gasteiger partial charge in [0.05, 0.1) is 5.52 Å². The molecule has 0 aliphatic carbocycles. The molecule has 4 nitrogen and oxygen atoms in total. The van der Waals surface area contributed by atoms with Crippen molar-refractivity contribution in [3.05, 3.63) is 23.9 Å². The third-order valence-corrected chi connectivity index (χ3v) is 3.45. The van der Waals surface area contributed by atoms with Gasteiger partial charge >= 0.3 is 0 Å². The van der Waals surface area contributed by atoms with E-state index in [1.165, 1.54) is 23.9 Å². The Morgan fingerprint density at radius 2 is 1.95 bits per heavy atom. The van der Waals surface area contributed by atoms with Gasteiger partial charge in [0.2, 0.25) is 0 Å². The van der Waals surface area contributed by atoms with Crippen LogP contribution in [0.25, 0.3) is 10.9 Å². The number of rotatable bonds is 2.